The molecule has 0 saturated heterocycles. The summed E-state index contributed by atoms with van der Waals surface area (Å²) in [6, 6.07) is 0. The predicted molar refractivity (Wildman–Crippen MR) is 297 cm³/mol. The fourth-order valence-corrected chi connectivity index (χ4v) is 7.33. The van der Waals surface area contributed by atoms with Crippen molar-refractivity contribution in [2.24, 2.45) is 0 Å². The molecule has 0 spiro atoms. The second kappa shape index (κ2) is 57.6. The first-order chi connectivity index (χ1) is 33.6. The van der Waals surface area contributed by atoms with Crippen LogP contribution in [0.1, 0.15) is 239 Å². The van der Waals surface area contributed by atoms with E-state index in [9.17, 15) is 9.59 Å². The van der Waals surface area contributed by atoms with Gasteiger partial charge in [0.2, 0.25) is 0 Å². The van der Waals surface area contributed by atoms with E-state index in [1.807, 2.05) is 12.2 Å². The molecule has 68 heavy (non-hydrogen) atoms. The van der Waals surface area contributed by atoms with Gasteiger partial charge in [0.25, 0.3) is 0 Å². The molecule has 0 fully saturated rings. The van der Waals surface area contributed by atoms with Gasteiger partial charge in [-0.2, -0.15) is 0 Å². The van der Waals surface area contributed by atoms with Gasteiger partial charge in [0, 0.05) is 13.0 Å². The highest BCUT2D eigenvalue weighted by molar-refractivity contribution is 5.71. The molecule has 0 N–H and O–H groups in total. The van der Waals surface area contributed by atoms with Crippen LogP contribution >= 0.6 is 0 Å². The van der Waals surface area contributed by atoms with E-state index in [-0.39, 0.29) is 31.6 Å². The summed E-state index contributed by atoms with van der Waals surface area (Å²) in [6.07, 6.45) is 80.9. The Morgan fingerprint density at radius 1 is 0.353 bits per heavy atom. The highest BCUT2D eigenvalue weighted by Crippen LogP contribution is 2.13. The predicted octanol–water partition coefficient (Wildman–Crippen LogP) is 19.3. The summed E-state index contributed by atoms with van der Waals surface area (Å²) in [5.41, 5.74) is 0. The zero-order valence-electron chi connectivity index (χ0n) is 44.3. The van der Waals surface area contributed by atoms with Gasteiger partial charge >= 0.3 is 11.9 Å². The number of rotatable bonds is 50. The Labute approximate surface area is 420 Å². The molecular weight excluding hydrogens is 837 g/mol. The molecule has 0 aliphatic rings. The molecule has 0 aromatic rings. The highest BCUT2D eigenvalue weighted by atomic mass is 16.6. The molecular formula is C63H104O5. The van der Waals surface area contributed by atoms with Crippen molar-refractivity contribution in [1.29, 1.82) is 0 Å². The van der Waals surface area contributed by atoms with Crippen LogP contribution in [0.4, 0.5) is 0 Å². The van der Waals surface area contributed by atoms with Crippen molar-refractivity contribution in [3.05, 3.63) is 122 Å². The number of carbonyl (C=O) groups excluding carboxylic acids is 2. The van der Waals surface area contributed by atoms with Gasteiger partial charge < -0.3 is 14.2 Å². The summed E-state index contributed by atoms with van der Waals surface area (Å²) in [4.78, 5) is 25.4. The maximum Gasteiger partial charge on any atom is 0.310 e. The second-order valence-corrected chi connectivity index (χ2v) is 18.1. The fraction of sp³-hybridized carbons (Fsp3) is 0.651. The number of unbranched alkanes of at least 4 members (excludes halogenated alkanes) is 20. The molecule has 5 heteroatoms. The minimum atomic E-state index is -0.608. The van der Waals surface area contributed by atoms with Gasteiger partial charge in [-0.25, -0.2) is 0 Å². The largest absolute Gasteiger partial charge is 0.462 e. The summed E-state index contributed by atoms with van der Waals surface area (Å²) in [7, 11) is 0. The number of allylic oxidation sites excluding steroid dienone is 19. The van der Waals surface area contributed by atoms with Crippen LogP contribution in [0.3, 0.4) is 0 Å². The minimum Gasteiger partial charge on any atom is -0.462 e. The Hall–Kier alpha value is -3.70. The Morgan fingerprint density at radius 3 is 1.13 bits per heavy atom. The van der Waals surface area contributed by atoms with Crippen molar-refractivity contribution in [3.8, 4) is 0 Å². The highest BCUT2D eigenvalue weighted by Gasteiger charge is 2.17. The fourth-order valence-electron chi connectivity index (χ4n) is 7.33. The average molecular weight is 942 g/mol. The number of hydrogen-bond donors (Lipinski definition) is 0. The Bertz CT molecular complexity index is 1390. The van der Waals surface area contributed by atoms with Gasteiger partial charge in [0.05, 0.1) is 13.0 Å². The molecule has 0 radical (unpaired) electrons. The second-order valence-electron chi connectivity index (χ2n) is 18.1. The van der Waals surface area contributed by atoms with Crippen LogP contribution in [0.2, 0.25) is 0 Å². The SMILES string of the molecule is CC/C=C\C/C=C\C/C=C\C/C=C\C/C=C\CC(=O)OC(COCCCCCCCCCC/C=C\C/C=C\CCCCC)COC(=O)CCCCCCCC/C=C\C/C=C\C/C=C\CCCCC. The maximum atomic E-state index is 12.8. The van der Waals surface area contributed by atoms with Crippen molar-refractivity contribution in [2.75, 3.05) is 19.8 Å². The molecule has 0 heterocycles. The number of esters is 2. The van der Waals surface area contributed by atoms with Crippen molar-refractivity contribution in [2.45, 2.75) is 245 Å². The lowest BCUT2D eigenvalue weighted by molar-refractivity contribution is -0.162. The van der Waals surface area contributed by atoms with E-state index in [0.29, 0.717) is 13.0 Å². The third-order valence-corrected chi connectivity index (χ3v) is 11.5. The van der Waals surface area contributed by atoms with E-state index in [4.69, 9.17) is 14.2 Å². The third kappa shape index (κ3) is 54.9. The Kier molecular flexibility index (Phi) is 54.5. The van der Waals surface area contributed by atoms with Crippen LogP contribution in [0.5, 0.6) is 0 Å². The number of carbonyl (C=O) groups is 2. The van der Waals surface area contributed by atoms with Gasteiger partial charge in [-0.15, -0.1) is 0 Å². The summed E-state index contributed by atoms with van der Waals surface area (Å²) >= 11 is 0. The average Bonchev–Trinajstić information content (AvgIpc) is 3.34. The van der Waals surface area contributed by atoms with Gasteiger partial charge in [-0.1, -0.05) is 232 Å². The third-order valence-electron chi connectivity index (χ3n) is 11.5. The molecule has 5 nitrogen and oxygen atoms in total. The molecule has 0 bridgehead atoms. The smallest absolute Gasteiger partial charge is 0.310 e. The number of hydrogen-bond acceptors (Lipinski definition) is 5. The van der Waals surface area contributed by atoms with E-state index in [0.717, 1.165) is 89.9 Å². The van der Waals surface area contributed by atoms with Crippen molar-refractivity contribution in [3.63, 3.8) is 0 Å². The normalized spacial score (nSPS) is 13.2. The topological polar surface area (TPSA) is 61.8 Å². The van der Waals surface area contributed by atoms with E-state index in [1.54, 1.807) is 0 Å². The molecule has 0 amide bonds. The molecule has 0 rings (SSSR count). The van der Waals surface area contributed by atoms with Crippen LogP contribution in [-0.2, 0) is 23.8 Å². The van der Waals surface area contributed by atoms with Gasteiger partial charge in [0.15, 0.2) is 6.10 Å². The van der Waals surface area contributed by atoms with Gasteiger partial charge in [-0.05, 0) is 116 Å². The molecule has 1 atom stereocenters. The van der Waals surface area contributed by atoms with Crippen molar-refractivity contribution >= 4 is 11.9 Å². The minimum absolute atomic E-state index is 0.0295. The summed E-state index contributed by atoms with van der Waals surface area (Å²) in [6.45, 7) is 7.53. The van der Waals surface area contributed by atoms with Crippen molar-refractivity contribution in [1.82, 2.24) is 0 Å². The van der Waals surface area contributed by atoms with E-state index >= 15 is 0 Å². The first-order valence-corrected chi connectivity index (χ1v) is 28.1. The molecule has 0 aromatic heterocycles. The lowest BCUT2D eigenvalue weighted by atomic mass is 10.1. The van der Waals surface area contributed by atoms with Crippen LogP contribution < -0.4 is 0 Å². The van der Waals surface area contributed by atoms with Gasteiger partial charge in [-0.3, -0.25) is 9.59 Å². The molecule has 0 aliphatic heterocycles. The lowest BCUT2D eigenvalue weighted by Crippen LogP contribution is -2.29. The standard InChI is InChI=1S/C63H104O5/c1-4-7-10-13-16-19-22-25-28-30-32-33-36-38-41-44-47-50-53-56-62(64)67-60-61(68-63(65)57-54-51-48-45-42-39-35-27-24-21-18-15-12-9-6-3)59-66-58-55-52-49-46-43-40-37-34-31-29-26-23-20-17-14-11-8-5-2/h9,12,16-21,25-29,32-33,35,42,45,51,54,61H,4-8,10-11,13-15,22-24,30-31,34,36-41,43-44,46-50,52-53,55-60H2,1-3H3/b12-9-,19-16-,20-17-,21-18-,28-25-,29-26-,33-32-,35-27-,45-42-,54-51-. The quantitative estimate of drug-likeness (QED) is 0.0345. The molecule has 0 aliphatic carbocycles. The van der Waals surface area contributed by atoms with E-state index in [2.05, 4.69) is 130 Å². The van der Waals surface area contributed by atoms with Crippen LogP contribution in [-0.4, -0.2) is 37.9 Å². The first-order valence-electron chi connectivity index (χ1n) is 28.1. The molecule has 386 valence electrons. The summed E-state index contributed by atoms with van der Waals surface area (Å²) in [5.74, 6) is -0.565. The molecule has 0 saturated carbocycles. The Morgan fingerprint density at radius 2 is 0.706 bits per heavy atom. The molecule has 1 unspecified atom stereocenters. The maximum absolute atomic E-state index is 12.8. The van der Waals surface area contributed by atoms with Crippen LogP contribution in [0.15, 0.2) is 122 Å². The first kappa shape index (κ1) is 64.3. The Balaban J connectivity index is 4.43. The monoisotopic (exact) mass is 941 g/mol. The lowest BCUT2D eigenvalue weighted by Gasteiger charge is -2.18. The zero-order chi connectivity index (χ0) is 49.2. The van der Waals surface area contributed by atoms with E-state index < -0.39 is 6.10 Å². The summed E-state index contributed by atoms with van der Waals surface area (Å²) < 4.78 is 17.3. The molecule has 0 aromatic carbocycles. The zero-order valence-corrected chi connectivity index (χ0v) is 44.3. The number of ether oxygens (including phenoxy) is 3. The van der Waals surface area contributed by atoms with Crippen LogP contribution in [0, 0.1) is 0 Å². The van der Waals surface area contributed by atoms with Crippen molar-refractivity contribution < 1.29 is 23.8 Å². The van der Waals surface area contributed by atoms with Crippen LogP contribution in [0.25, 0.3) is 0 Å². The summed E-state index contributed by atoms with van der Waals surface area (Å²) in [5, 5.41) is 0. The van der Waals surface area contributed by atoms with Gasteiger partial charge in [0.1, 0.15) is 6.61 Å². The van der Waals surface area contributed by atoms with E-state index in [1.165, 1.54) is 116 Å².